The van der Waals surface area contributed by atoms with Crippen molar-refractivity contribution in [2.45, 2.75) is 27.7 Å². The Morgan fingerprint density at radius 1 is 0.700 bits per heavy atom. The lowest BCUT2D eigenvalue weighted by Crippen LogP contribution is -2.30. The van der Waals surface area contributed by atoms with Crippen LogP contribution in [0.5, 0.6) is 0 Å². The van der Waals surface area contributed by atoms with E-state index in [1.165, 1.54) is 0 Å². The maximum absolute atomic E-state index is 4.86. The molecule has 2 aromatic rings. The summed E-state index contributed by atoms with van der Waals surface area (Å²) in [5.41, 5.74) is 1.93. The third-order valence-corrected chi connectivity index (χ3v) is 3.66. The number of benzene rings is 1. The van der Waals surface area contributed by atoms with Gasteiger partial charge in [-0.25, -0.2) is 9.97 Å². The Labute approximate surface area is 121 Å². The lowest BCUT2D eigenvalue weighted by Gasteiger charge is -2.28. The summed E-state index contributed by atoms with van der Waals surface area (Å²) in [5.74, 6) is 2.00. The van der Waals surface area contributed by atoms with E-state index >= 15 is 0 Å². The van der Waals surface area contributed by atoms with Crippen LogP contribution in [0, 0.1) is 0 Å². The zero-order chi connectivity index (χ0) is 14.5. The van der Waals surface area contributed by atoms with E-state index in [9.17, 15) is 0 Å². The van der Waals surface area contributed by atoms with Gasteiger partial charge in [-0.15, -0.1) is 0 Å². The molecule has 20 heavy (non-hydrogen) atoms. The van der Waals surface area contributed by atoms with Crippen molar-refractivity contribution in [3.63, 3.8) is 0 Å². The number of para-hydroxylation sites is 2. The molecule has 0 aliphatic heterocycles. The highest BCUT2D eigenvalue weighted by Gasteiger charge is 2.17. The molecule has 0 saturated heterocycles. The summed E-state index contributed by atoms with van der Waals surface area (Å²) in [4.78, 5) is 14.3. The number of hydrogen-bond donors (Lipinski definition) is 0. The van der Waals surface area contributed by atoms with E-state index in [-0.39, 0.29) is 0 Å². The van der Waals surface area contributed by atoms with E-state index < -0.39 is 0 Å². The minimum absolute atomic E-state index is 0.942. The molecule has 2 rings (SSSR count). The highest BCUT2D eigenvalue weighted by Crippen LogP contribution is 2.27. The number of rotatable bonds is 6. The van der Waals surface area contributed by atoms with Crippen LogP contribution in [-0.4, -0.2) is 36.1 Å². The molecule has 4 heteroatoms. The fourth-order valence-corrected chi connectivity index (χ4v) is 2.45. The van der Waals surface area contributed by atoms with Gasteiger partial charge in [0.2, 0.25) is 0 Å². The number of nitrogens with zero attached hydrogens (tertiary/aromatic N) is 4. The molecule has 0 unspecified atom stereocenters. The Morgan fingerprint density at radius 2 is 1.05 bits per heavy atom. The molecule has 108 valence electrons. The second kappa shape index (κ2) is 6.55. The number of anilines is 2. The molecular formula is C16H24N4. The van der Waals surface area contributed by atoms with Crippen molar-refractivity contribution in [3.8, 4) is 0 Å². The van der Waals surface area contributed by atoms with Gasteiger partial charge in [0.15, 0.2) is 11.6 Å². The van der Waals surface area contributed by atoms with Crippen LogP contribution < -0.4 is 9.80 Å². The van der Waals surface area contributed by atoms with Gasteiger partial charge in [0.25, 0.3) is 0 Å². The fraction of sp³-hybridized carbons (Fsp3) is 0.500. The van der Waals surface area contributed by atoms with Crippen molar-refractivity contribution in [2.24, 2.45) is 0 Å². The molecule has 0 amide bonds. The maximum Gasteiger partial charge on any atom is 0.172 e. The molecule has 0 N–H and O–H groups in total. The van der Waals surface area contributed by atoms with Crippen molar-refractivity contribution in [1.29, 1.82) is 0 Å². The number of hydrogen-bond acceptors (Lipinski definition) is 4. The van der Waals surface area contributed by atoms with E-state index in [1.54, 1.807) is 0 Å². The molecular weight excluding hydrogens is 248 g/mol. The molecule has 1 heterocycles. The van der Waals surface area contributed by atoms with Crippen molar-refractivity contribution >= 4 is 22.7 Å². The molecule has 0 fully saturated rings. The van der Waals surface area contributed by atoms with Gasteiger partial charge in [0.05, 0.1) is 11.0 Å². The third kappa shape index (κ3) is 2.69. The number of fused-ring (bicyclic) bond motifs is 1. The van der Waals surface area contributed by atoms with E-state index in [0.29, 0.717) is 0 Å². The van der Waals surface area contributed by atoms with E-state index in [4.69, 9.17) is 9.97 Å². The average molecular weight is 272 g/mol. The molecule has 1 aromatic carbocycles. The van der Waals surface area contributed by atoms with E-state index in [2.05, 4.69) is 37.5 Å². The topological polar surface area (TPSA) is 32.3 Å². The third-order valence-electron chi connectivity index (χ3n) is 3.66. The summed E-state index contributed by atoms with van der Waals surface area (Å²) in [5, 5.41) is 0. The predicted octanol–water partition coefficient (Wildman–Crippen LogP) is 3.32. The molecule has 0 bridgehead atoms. The molecule has 0 saturated carbocycles. The lowest BCUT2D eigenvalue weighted by molar-refractivity contribution is 0.807. The Morgan fingerprint density at radius 3 is 1.35 bits per heavy atom. The summed E-state index contributed by atoms with van der Waals surface area (Å²) in [6.07, 6.45) is 0. The van der Waals surface area contributed by atoms with Crippen LogP contribution in [0.1, 0.15) is 27.7 Å². The molecule has 0 spiro atoms. The van der Waals surface area contributed by atoms with E-state index in [1.807, 2.05) is 24.3 Å². The highest BCUT2D eigenvalue weighted by atomic mass is 15.3. The lowest BCUT2D eigenvalue weighted by atomic mass is 10.3. The van der Waals surface area contributed by atoms with Crippen LogP contribution in [0.25, 0.3) is 11.0 Å². The number of aromatic nitrogens is 2. The SMILES string of the molecule is CCN(CC)c1nc2ccccc2nc1N(CC)CC. The largest absolute Gasteiger partial charge is 0.354 e. The van der Waals surface area contributed by atoms with Crippen LogP contribution in [0.15, 0.2) is 24.3 Å². The minimum atomic E-state index is 0.942. The van der Waals surface area contributed by atoms with Crippen LogP contribution in [-0.2, 0) is 0 Å². The van der Waals surface area contributed by atoms with Crippen LogP contribution >= 0.6 is 0 Å². The zero-order valence-electron chi connectivity index (χ0n) is 12.9. The van der Waals surface area contributed by atoms with E-state index in [0.717, 1.165) is 48.8 Å². The first-order chi connectivity index (χ1) is 9.74. The van der Waals surface area contributed by atoms with Crippen LogP contribution in [0.4, 0.5) is 11.6 Å². The van der Waals surface area contributed by atoms with Gasteiger partial charge >= 0.3 is 0 Å². The smallest absolute Gasteiger partial charge is 0.172 e. The molecule has 0 aliphatic carbocycles. The zero-order valence-corrected chi connectivity index (χ0v) is 12.9. The molecule has 0 aliphatic rings. The maximum atomic E-state index is 4.86. The predicted molar refractivity (Wildman–Crippen MR) is 86.7 cm³/mol. The Balaban J connectivity index is 2.63. The first kappa shape index (κ1) is 14.6. The van der Waals surface area contributed by atoms with Crippen molar-refractivity contribution in [1.82, 2.24) is 9.97 Å². The Kier molecular flexibility index (Phi) is 4.77. The first-order valence-corrected chi connectivity index (χ1v) is 7.51. The molecule has 4 nitrogen and oxygen atoms in total. The van der Waals surface area contributed by atoms with Crippen molar-refractivity contribution in [3.05, 3.63) is 24.3 Å². The second-order valence-electron chi connectivity index (χ2n) is 4.70. The standard InChI is InChI=1S/C16H24N4/c1-5-19(6-2)15-16(20(7-3)8-4)18-14-12-10-9-11-13(14)17-15/h9-12H,5-8H2,1-4H3. The summed E-state index contributed by atoms with van der Waals surface area (Å²) < 4.78 is 0. The van der Waals surface area contributed by atoms with Gasteiger partial charge in [-0.2, -0.15) is 0 Å². The summed E-state index contributed by atoms with van der Waals surface area (Å²) >= 11 is 0. The van der Waals surface area contributed by atoms with Crippen LogP contribution in [0.2, 0.25) is 0 Å². The van der Waals surface area contributed by atoms with Gasteiger partial charge < -0.3 is 9.80 Å². The minimum Gasteiger partial charge on any atom is -0.354 e. The normalized spacial score (nSPS) is 10.8. The first-order valence-electron chi connectivity index (χ1n) is 7.51. The van der Waals surface area contributed by atoms with Gasteiger partial charge in [-0.3, -0.25) is 0 Å². The van der Waals surface area contributed by atoms with Gasteiger partial charge in [0, 0.05) is 26.2 Å². The van der Waals surface area contributed by atoms with Crippen LogP contribution in [0.3, 0.4) is 0 Å². The highest BCUT2D eigenvalue weighted by molar-refractivity contribution is 5.80. The van der Waals surface area contributed by atoms with Gasteiger partial charge in [0.1, 0.15) is 0 Å². The van der Waals surface area contributed by atoms with Gasteiger partial charge in [-0.1, -0.05) is 12.1 Å². The molecule has 0 radical (unpaired) electrons. The average Bonchev–Trinajstić information content (AvgIpc) is 2.50. The fourth-order valence-electron chi connectivity index (χ4n) is 2.45. The van der Waals surface area contributed by atoms with Crippen molar-refractivity contribution in [2.75, 3.05) is 36.0 Å². The Hall–Kier alpha value is -1.84. The monoisotopic (exact) mass is 272 g/mol. The second-order valence-corrected chi connectivity index (χ2v) is 4.70. The summed E-state index contributed by atoms with van der Waals surface area (Å²) in [6.45, 7) is 12.4. The molecule has 0 atom stereocenters. The van der Waals surface area contributed by atoms with Gasteiger partial charge in [-0.05, 0) is 39.8 Å². The summed E-state index contributed by atoms with van der Waals surface area (Å²) in [7, 11) is 0. The van der Waals surface area contributed by atoms with Crippen molar-refractivity contribution < 1.29 is 0 Å². The summed E-state index contributed by atoms with van der Waals surface area (Å²) in [6, 6.07) is 8.09. The molecule has 1 aromatic heterocycles. The Bertz CT molecular complexity index is 509. The quantitative estimate of drug-likeness (QED) is 0.807.